The number of amides is 1. The van der Waals surface area contributed by atoms with Crippen LogP contribution in [0.2, 0.25) is 0 Å². The average Bonchev–Trinajstić information content (AvgIpc) is 2.53. The number of piperidine rings is 1. The average molecular weight is 315 g/mol. The molecule has 1 heterocycles. The van der Waals surface area contributed by atoms with Crippen molar-refractivity contribution in [2.75, 3.05) is 19.6 Å². The minimum Gasteiger partial charge on any atom is -0.356 e. The Balaban J connectivity index is 0.00000161. The van der Waals surface area contributed by atoms with E-state index in [-0.39, 0.29) is 12.4 Å². The minimum atomic E-state index is 0. The van der Waals surface area contributed by atoms with Crippen molar-refractivity contribution in [1.82, 2.24) is 10.6 Å². The summed E-state index contributed by atoms with van der Waals surface area (Å²) in [4.78, 5) is 12.4. The largest absolute Gasteiger partial charge is 0.356 e. The third-order valence-electron chi connectivity index (χ3n) is 5.87. The fraction of sp³-hybridized carbons (Fsp3) is 0.941. The summed E-state index contributed by atoms with van der Waals surface area (Å²) < 4.78 is 0. The Bertz CT molecular complexity index is 331. The number of carbonyl (C=O) groups is 1. The van der Waals surface area contributed by atoms with Crippen LogP contribution in [0.4, 0.5) is 0 Å². The van der Waals surface area contributed by atoms with Gasteiger partial charge in [0.25, 0.3) is 0 Å². The number of halogens is 1. The van der Waals surface area contributed by atoms with Crippen LogP contribution in [0.1, 0.15) is 57.8 Å². The third-order valence-corrected chi connectivity index (χ3v) is 5.87. The normalized spacial score (nSPS) is 36.2. The van der Waals surface area contributed by atoms with Crippen LogP contribution in [-0.2, 0) is 4.79 Å². The smallest absolute Gasteiger partial charge is 0.223 e. The van der Waals surface area contributed by atoms with Crippen LogP contribution in [0.3, 0.4) is 0 Å². The molecule has 1 amide bonds. The molecular weight excluding hydrogens is 284 g/mol. The van der Waals surface area contributed by atoms with E-state index >= 15 is 0 Å². The highest BCUT2D eigenvalue weighted by Crippen LogP contribution is 2.42. The molecule has 0 aromatic rings. The Hall–Kier alpha value is -0.280. The van der Waals surface area contributed by atoms with Gasteiger partial charge in [0.15, 0.2) is 0 Å². The van der Waals surface area contributed by atoms with Crippen LogP contribution in [0.25, 0.3) is 0 Å². The molecule has 2 saturated carbocycles. The van der Waals surface area contributed by atoms with E-state index in [1.54, 1.807) is 0 Å². The van der Waals surface area contributed by atoms with E-state index in [1.165, 1.54) is 51.4 Å². The van der Waals surface area contributed by atoms with Crippen molar-refractivity contribution >= 4 is 18.3 Å². The summed E-state index contributed by atoms with van der Waals surface area (Å²) in [6, 6.07) is 0. The Morgan fingerprint density at radius 1 is 1.00 bits per heavy atom. The molecule has 0 spiro atoms. The molecular formula is C17H31ClN2O. The number of hydrogen-bond donors (Lipinski definition) is 2. The van der Waals surface area contributed by atoms with Crippen molar-refractivity contribution in [3.8, 4) is 0 Å². The standard InChI is InChI=1S/C17H30N2O.ClH/c20-17(19-12-13-4-3-9-18-11-13)16-8-7-14-5-1-2-6-15(14)10-16;/h13-16,18H,1-12H2,(H,19,20);1H. The Morgan fingerprint density at radius 2 is 1.81 bits per heavy atom. The highest BCUT2D eigenvalue weighted by Gasteiger charge is 2.34. The van der Waals surface area contributed by atoms with E-state index in [2.05, 4.69) is 10.6 Å². The Morgan fingerprint density at radius 3 is 2.57 bits per heavy atom. The highest BCUT2D eigenvalue weighted by molar-refractivity contribution is 5.85. The topological polar surface area (TPSA) is 41.1 Å². The fourth-order valence-corrected chi connectivity index (χ4v) is 4.60. The summed E-state index contributed by atoms with van der Waals surface area (Å²) >= 11 is 0. The van der Waals surface area contributed by atoms with Crippen LogP contribution < -0.4 is 10.6 Å². The van der Waals surface area contributed by atoms with Crippen molar-refractivity contribution in [2.45, 2.75) is 57.8 Å². The maximum atomic E-state index is 12.4. The van der Waals surface area contributed by atoms with Gasteiger partial charge in [-0.2, -0.15) is 0 Å². The first-order valence-electron chi connectivity index (χ1n) is 8.81. The molecule has 3 nitrogen and oxygen atoms in total. The van der Waals surface area contributed by atoms with Gasteiger partial charge in [-0.15, -0.1) is 12.4 Å². The third kappa shape index (κ3) is 4.59. The molecule has 4 heteroatoms. The molecule has 2 aliphatic carbocycles. The second kappa shape index (κ2) is 8.38. The van der Waals surface area contributed by atoms with Gasteiger partial charge in [0, 0.05) is 12.5 Å². The summed E-state index contributed by atoms with van der Waals surface area (Å²) in [5, 5.41) is 6.66. The van der Waals surface area contributed by atoms with Gasteiger partial charge in [-0.25, -0.2) is 0 Å². The molecule has 21 heavy (non-hydrogen) atoms. The van der Waals surface area contributed by atoms with Gasteiger partial charge in [0.05, 0.1) is 0 Å². The van der Waals surface area contributed by atoms with Gasteiger partial charge >= 0.3 is 0 Å². The molecule has 0 bridgehead atoms. The number of fused-ring (bicyclic) bond motifs is 1. The lowest BCUT2D eigenvalue weighted by atomic mass is 9.67. The van der Waals surface area contributed by atoms with E-state index in [1.807, 2.05) is 0 Å². The van der Waals surface area contributed by atoms with Crippen LogP contribution in [0.5, 0.6) is 0 Å². The molecule has 2 N–H and O–H groups in total. The van der Waals surface area contributed by atoms with E-state index in [4.69, 9.17) is 0 Å². The summed E-state index contributed by atoms with van der Waals surface area (Å²) in [7, 11) is 0. The number of carbonyl (C=O) groups excluding carboxylic acids is 1. The van der Waals surface area contributed by atoms with Crippen molar-refractivity contribution in [2.24, 2.45) is 23.7 Å². The first kappa shape index (κ1) is 17.1. The van der Waals surface area contributed by atoms with E-state index < -0.39 is 0 Å². The molecule has 1 saturated heterocycles. The molecule has 0 radical (unpaired) electrons. The lowest BCUT2D eigenvalue weighted by Gasteiger charge is -2.38. The van der Waals surface area contributed by atoms with Crippen LogP contribution in [-0.4, -0.2) is 25.5 Å². The zero-order valence-electron chi connectivity index (χ0n) is 13.1. The molecule has 122 valence electrons. The first-order chi connectivity index (χ1) is 9.83. The van der Waals surface area contributed by atoms with E-state index in [0.29, 0.717) is 17.7 Å². The van der Waals surface area contributed by atoms with Crippen LogP contribution in [0, 0.1) is 23.7 Å². The summed E-state index contributed by atoms with van der Waals surface area (Å²) in [5.41, 5.74) is 0. The zero-order valence-corrected chi connectivity index (χ0v) is 13.9. The molecule has 1 aliphatic heterocycles. The van der Waals surface area contributed by atoms with Gasteiger partial charge in [0.2, 0.25) is 5.91 Å². The van der Waals surface area contributed by atoms with Crippen LogP contribution >= 0.6 is 12.4 Å². The molecule has 4 atom stereocenters. The lowest BCUT2D eigenvalue weighted by Crippen LogP contribution is -2.42. The molecule has 0 aromatic heterocycles. The predicted molar refractivity (Wildman–Crippen MR) is 88.6 cm³/mol. The van der Waals surface area contributed by atoms with Gasteiger partial charge in [-0.1, -0.05) is 25.7 Å². The van der Waals surface area contributed by atoms with Gasteiger partial charge < -0.3 is 10.6 Å². The Kier molecular flexibility index (Phi) is 6.81. The summed E-state index contributed by atoms with van der Waals surface area (Å²) in [6.45, 7) is 3.11. The second-order valence-electron chi connectivity index (χ2n) is 7.27. The number of rotatable bonds is 3. The quantitative estimate of drug-likeness (QED) is 0.840. The number of nitrogens with one attached hydrogen (secondary N) is 2. The zero-order chi connectivity index (χ0) is 13.8. The first-order valence-corrected chi connectivity index (χ1v) is 8.81. The van der Waals surface area contributed by atoms with Gasteiger partial charge in [-0.3, -0.25) is 4.79 Å². The molecule has 0 aromatic carbocycles. The van der Waals surface area contributed by atoms with Crippen molar-refractivity contribution in [1.29, 1.82) is 0 Å². The maximum Gasteiger partial charge on any atom is 0.223 e. The highest BCUT2D eigenvalue weighted by atomic mass is 35.5. The predicted octanol–water partition coefficient (Wildman–Crippen LogP) is 3.13. The van der Waals surface area contributed by atoms with Crippen molar-refractivity contribution in [3.05, 3.63) is 0 Å². The lowest BCUT2D eigenvalue weighted by molar-refractivity contribution is -0.127. The minimum absolute atomic E-state index is 0. The van der Waals surface area contributed by atoms with E-state index in [9.17, 15) is 4.79 Å². The maximum absolute atomic E-state index is 12.4. The molecule has 3 aliphatic rings. The molecule has 3 fully saturated rings. The fourth-order valence-electron chi connectivity index (χ4n) is 4.60. The van der Waals surface area contributed by atoms with Crippen molar-refractivity contribution in [3.63, 3.8) is 0 Å². The van der Waals surface area contributed by atoms with Gasteiger partial charge in [0.1, 0.15) is 0 Å². The Labute approximate surface area is 135 Å². The molecule has 4 unspecified atom stereocenters. The number of hydrogen-bond acceptors (Lipinski definition) is 2. The van der Waals surface area contributed by atoms with Gasteiger partial charge in [-0.05, 0) is 62.9 Å². The SMILES string of the molecule is Cl.O=C(NCC1CCCNC1)C1CCC2CCCCC2C1. The summed E-state index contributed by atoms with van der Waals surface area (Å²) in [6.07, 6.45) is 11.7. The van der Waals surface area contributed by atoms with Crippen molar-refractivity contribution < 1.29 is 4.79 Å². The molecule has 3 rings (SSSR count). The summed E-state index contributed by atoms with van der Waals surface area (Å²) in [5.74, 6) is 3.10. The monoisotopic (exact) mass is 314 g/mol. The second-order valence-corrected chi connectivity index (χ2v) is 7.27. The van der Waals surface area contributed by atoms with Crippen LogP contribution in [0.15, 0.2) is 0 Å². The van der Waals surface area contributed by atoms with E-state index in [0.717, 1.165) is 37.9 Å².